The lowest BCUT2D eigenvalue weighted by Gasteiger charge is -2.22. The maximum Gasteiger partial charge on any atom is 0.257 e. The molecule has 0 spiro atoms. The van der Waals surface area contributed by atoms with Crippen LogP contribution in [-0.4, -0.2) is 30.7 Å². The second-order valence-electron chi connectivity index (χ2n) is 6.45. The number of aryl methyl sites for hydroxylation is 1. The van der Waals surface area contributed by atoms with Gasteiger partial charge < -0.3 is 15.0 Å². The topological polar surface area (TPSA) is 53.6 Å². The molecular weight excluding hydrogens is 370 g/mol. The molecule has 0 atom stereocenters. The van der Waals surface area contributed by atoms with Crippen LogP contribution in [0.25, 0.3) is 0 Å². The summed E-state index contributed by atoms with van der Waals surface area (Å²) >= 11 is 5.31. The van der Waals surface area contributed by atoms with Crippen LogP contribution in [0.3, 0.4) is 0 Å². The van der Waals surface area contributed by atoms with Crippen LogP contribution in [0.4, 0.5) is 11.4 Å². The third kappa shape index (κ3) is 5.96. The van der Waals surface area contributed by atoms with Crippen molar-refractivity contribution in [3.05, 3.63) is 53.6 Å². The Bertz CT molecular complexity index is 802. The van der Waals surface area contributed by atoms with Gasteiger partial charge in [-0.25, -0.2) is 0 Å². The van der Waals surface area contributed by atoms with Crippen LogP contribution >= 0.6 is 12.2 Å². The van der Waals surface area contributed by atoms with Crippen LogP contribution in [0.5, 0.6) is 5.75 Å². The molecule has 28 heavy (non-hydrogen) atoms. The molecule has 0 heterocycles. The van der Waals surface area contributed by atoms with Crippen LogP contribution < -0.4 is 20.3 Å². The number of rotatable bonds is 8. The quantitative estimate of drug-likeness (QED) is 0.627. The fourth-order valence-electron chi connectivity index (χ4n) is 2.82. The lowest BCUT2D eigenvalue weighted by molar-refractivity contribution is 0.0977. The first-order valence-corrected chi connectivity index (χ1v) is 10.1. The minimum atomic E-state index is -0.253. The van der Waals surface area contributed by atoms with E-state index in [0.717, 1.165) is 36.5 Å². The molecular formula is C22H29N3O2S. The molecule has 2 aromatic rings. The molecule has 6 heteroatoms. The minimum absolute atomic E-state index is 0.253. The molecule has 0 aliphatic carbocycles. The van der Waals surface area contributed by atoms with Gasteiger partial charge in [0.05, 0.1) is 6.61 Å². The number of nitrogens with one attached hydrogen (secondary N) is 2. The van der Waals surface area contributed by atoms with E-state index in [2.05, 4.69) is 48.4 Å². The highest BCUT2D eigenvalue weighted by Gasteiger charge is 2.10. The Labute approximate surface area is 173 Å². The zero-order chi connectivity index (χ0) is 20.5. The predicted molar refractivity (Wildman–Crippen MR) is 121 cm³/mol. The van der Waals surface area contributed by atoms with E-state index in [1.54, 1.807) is 24.3 Å². The molecule has 2 rings (SSSR count). The number of nitrogens with zero attached hydrogens (tertiary/aromatic N) is 1. The molecule has 0 aromatic heterocycles. The summed E-state index contributed by atoms with van der Waals surface area (Å²) in [4.78, 5) is 14.7. The summed E-state index contributed by atoms with van der Waals surface area (Å²) in [5.74, 6) is 0.500. The summed E-state index contributed by atoms with van der Waals surface area (Å²) in [6.07, 6.45) is 0.942. The second kappa shape index (κ2) is 10.7. The number of thiocarbonyl (C=S) groups is 1. The zero-order valence-electron chi connectivity index (χ0n) is 17.0. The van der Waals surface area contributed by atoms with Crippen molar-refractivity contribution in [2.24, 2.45) is 0 Å². The first-order valence-electron chi connectivity index (χ1n) is 9.69. The van der Waals surface area contributed by atoms with Crippen LogP contribution in [0.1, 0.15) is 43.1 Å². The highest BCUT2D eigenvalue weighted by atomic mass is 32.1. The Morgan fingerprint density at radius 2 is 1.75 bits per heavy atom. The van der Waals surface area contributed by atoms with E-state index in [0.29, 0.717) is 12.2 Å². The van der Waals surface area contributed by atoms with Crippen LogP contribution in [-0.2, 0) is 0 Å². The summed E-state index contributed by atoms with van der Waals surface area (Å²) < 4.78 is 5.53. The van der Waals surface area contributed by atoms with Gasteiger partial charge in [0.1, 0.15) is 5.75 Å². The molecule has 0 radical (unpaired) electrons. The molecule has 0 saturated carbocycles. The average Bonchev–Trinajstić information content (AvgIpc) is 2.69. The largest absolute Gasteiger partial charge is 0.494 e. The Hall–Kier alpha value is -2.60. The first-order chi connectivity index (χ1) is 13.5. The van der Waals surface area contributed by atoms with Crippen LogP contribution in [0, 0.1) is 6.92 Å². The third-order valence-corrected chi connectivity index (χ3v) is 4.61. The Balaban J connectivity index is 1.97. The van der Waals surface area contributed by atoms with Gasteiger partial charge in [-0.1, -0.05) is 6.92 Å². The standard InChI is InChI=1S/C22H29N3O2S/c1-5-14-27-19-11-8-17(9-12-19)21(26)24-22(28)23-20-13-10-18(15-16(20)4)25(6-2)7-3/h8-13,15H,5-7,14H2,1-4H3,(H2,23,24,26,28). The number of benzene rings is 2. The van der Waals surface area contributed by atoms with Gasteiger partial charge >= 0.3 is 0 Å². The third-order valence-electron chi connectivity index (χ3n) is 4.40. The van der Waals surface area contributed by atoms with Crippen LogP contribution in [0.2, 0.25) is 0 Å². The molecule has 2 aromatic carbocycles. The van der Waals surface area contributed by atoms with E-state index in [1.807, 2.05) is 13.0 Å². The van der Waals surface area contributed by atoms with E-state index < -0.39 is 0 Å². The summed E-state index contributed by atoms with van der Waals surface area (Å²) in [5, 5.41) is 6.11. The fraction of sp³-hybridized carbons (Fsp3) is 0.364. The van der Waals surface area contributed by atoms with Gasteiger partial charge in [0.2, 0.25) is 0 Å². The smallest absolute Gasteiger partial charge is 0.257 e. The SMILES string of the molecule is CCCOc1ccc(C(=O)NC(=S)Nc2ccc(N(CC)CC)cc2C)cc1. The van der Waals surface area contributed by atoms with Gasteiger partial charge in [-0.15, -0.1) is 0 Å². The van der Waals surface area contributed by atoms with Crippen molar-refractivity contribution in [3.8, 4) is 5.75 Å². The number of hydrogen-bond donors (Lipinski definition) is 2. The number of carbonyl (C=O) groups is 1. The van der Waals surface area contributed by atoms with E-state index >= 15 is 0 Å². The molecule has 2 N–H and O–H groups in total. The normalized spacial score (nSPS) is 10.3. The molecule has 0 bridgehead atoms. The fourth-order valence-corrected chi connectivity index (χ4v) is 3.03. The summed E-state index contributed by atoms with van der Waals surface area (Å²) in [7, 11) is 0. The van der Waals surface area contributed by atoms with Crippen molar-refractivity contribution < 1.29 is 9.53 Å². The maximum absolute atomic E-state index is 12.4. The maximum atomic E-state index is 12.4. The van der Waals surface area contributed by atoms with Gasteiger partial charge in [-0.2, -0.15) is 0 Å². The summed E-state index contributed by atoms with van der Waals surface area (Å²) in [5.41, 5.74) is 3.65. The molecule has 0 aliphatic rings. The van der Waals surface area contributed by atoms with Gasteiger partial charge in [0.15, 0.2) is 5.11 Å². The number of carbonyl (C=O) groups excluding carboxylic acids is 1. The van der Waals surface area contributed by atoms with E-state index in [-0.39, 0.29) is 11.0 Å². The zero-order valence-corrected chi connectivity index (χ0v) is 17.9. The lowest BCUT2D eigenvalue weighted by Crippen LogP contribution is -2.34. The molecule has 1 amide bonds. The van der Waals surface area contributed by atoms with Gasteiger partial charge in [0.25, 0.3) is 5.91 Å². The number of hydrogen-bond acceptors (Lipinski definition) is 4. The molecule has 0 fully saturated rings. The van der Waals surface area contributed by atoms with Crippen molar-refractivity contribution in [2.45, 2.75) is 34.1 Å². The van der Waals surface area contributed by atoms with Crippen molar-refractivity contribution in [1.82, 2.24) is 5.32 Å². The summed E-state index contributed by atoms with van der Waals surface area (Å²) in [6, 6.07) is 13.2. The highest BCUT2D eigenvalue weighted by molar-refractivity contribution is 7.80. The van der Waals surface area contributed by atoms with Gasteiger partial charge in [0, 0.05) is 30.0 Å². The van der Waals surface area contributed by atoms with Gasteiger partial charge in [-0.3, -0.25) is 10.1 Å². The number of ether oxygens (including phenoxy) is 1. The Morgan fingerprint density at radius 3 is 2.32 bits per heavy atom. The summed E-state index contributed by atoms with van der Waals surface area (Å²) in [6.45, 7) is 10.9. The van der Waals surface area contributed by atoms with Crippen LogP contribution in [0.15, 0.2) is 42.5 Å². The molecule has 150 valence electrons. The minimum Gasteiger partial charge on any atom is -0.494 e. The molecule has 0 saturated heterocycles. The van der Waals surface area contributed by atoms with E-state index in [9.17, 15) is 4.79 Å². The average molecular weight is 400 g/mol. The van der Waals surface area contributed by atoms with Gasteiger partial charge in [-0.05, 0) is 87.4 Å². The van der Waals surface area contributed by atoms with E-state index in [4.69, 9.17) is 17.0 Å². The molecule has 5 nitrogen and oxygen atoms in total. The Morgan fingerprint density at radius 1 is 1.07 bits per heavy atom. The van der Waals surface area contributed by atoms with E-state index in [1.165, 1.54) is 5.69 Å². The number of amides is 1. The van der Waals surface area contributed by atoms with Crippen molar-refractivity contribution in [3.63, 3.8) is 0 Å². The van der Waals surface area contributed by atoms with Crippen molar-refractivity contribution >= 4 is 34.6 Å². The Kier molecular flexibility index (Phi) is 8.26. The molecule has 0 aliphatic heterocycles. The first kappa shape index (κ1) is 21.7. The lowest BCUT2D eigenvalue weighted by atomic mass is 10.1. The monoisotopic (exact) mass is 399 g/mol. The highest BCUT2D eigenvalue weighted by Crippen LogP contribution is 2.22. The number of anilines is 2. The molecule has 0 unspecified atom stereocenters. The second-order valence-corrected chi connectivity index (χ2v) is 6.86. The predicted octanol–water partition coefficient (Wildman–Crippen LogP) is 4.76. The van der Waals surface area contributed by atoms with Crippen molar-refractivity contribution in [1.29, 1.82) is 0 Å². The van der Waals surface area contributed by atoms with Crippen molar-refractivity contribution in [2.75, 3.05) is 29.9 Å².